The zero-order chi connectivity index (χ0) is 4.57. The predicted molar refractivity (Wildman–Crippen MR) is 26.6 cm³/mol. The maximum atomic E-state index is 2.17. The van der Waals surface area contributed by atoms with Crippen LogP contribution in [0.2, 0.25) is 0 Å². The lowest BCUT2D eigenvalue weighted by Crippen LogP contribution is -2.14. The minimum absolute atomic E-state index is 0.685. The van der Waals surface area contributed by atoms with Gasteiger partial charge in [0.25, 0.3) is 0 Å². The Hall–Kier alpha value is -0.300. The molecule has 0 aromatic heterocycles. The van der Waals surface area contributed by atoms with Crippen molar-refractivity contribution >= 4 is 0 Å². The van der Waals surface area contributed by atoms with Gasteiger partial charge in [0.15, 0.2) is 0 Å². The number of hydrogen-bond acceptors (Lipinski definition) is 1. The third kappa shape index (κ3) is 0.601. The Balaban J connectivity index is 2.16. The maximum absolute atomic E-state index is 2.17. The van der Waals surface area contributed by atoms with Gasteiger partial charge in [-0.3, -0.25) is 4.90 Å². The van der Waals surface area contributed by atoms with E-state index in [9.17, 15) is 0 Å². The van der Waals surface area contributed by atoms with Crippen molar-refractivity contribution in [3.63, 3.8) is 0 Å². The van der Waals surface area contributed by atoms with Crippen molar-refractivity contribution < 1.29 is 0 Å². The van der Waals surface area contributed by atoms with Gasteiger partial charge in [-0.05, 0) is 14.1 Å². The molecule has 1 heteroatoms. The van der Waals surface area contributed by atoms with Gasteiger partial charge in [0.2, 0.25) is 0 Å². The highest BCUT2D eigenvalue weighted by Gasteiger charge is 2.10. The average Bonchev–Trinajstić information content (AvgIpc) is 2.06. The summed E-state index contributed by atoms with van der Waals surface area (Å²) in [5.74, 6) is 0. The van der Waals surface area contributed by atoms with E-state index in [1.165, 1.54) is 0 Å². The van der Waals surface area contributed by atoms with Crippen LogP contribution < -0.4 is 0 Å². The van der Waals surface area contributed by atoms with Crippen LogP contribution in [0.25, 0.3) is 0 Å². The largest absolute Gasteiger partial charge is 0.300 e. The molecule has 0 saturated heterocycles. The molecule has 0 heterocycles. The zero-order valence-electron chi connectivity index (χ0n) is 4.18. The minimum atomic E-state index is 0.685. The van der Waals surface area contributed by atoms with Gasteiger partial charge >= 0.3 is 0 Å². The van der Waals surface area contributed by atoms with Gasteiger partial charge in [-0.1, -0.05) is 12.2 Å². The lowest BCUT2D eigenvalue weighted by molar-refractivity contribution is 0.422. The molecule has 0 N–H and O–H groups in total. The van der Waals surface area contributed by atoms with Crippen molar-refractivity contribution in [1.82, 2.24) is 4.90 Å². The van der Waals surface area contributed by atoms with Crippen LogP contribution in [-0.4, -0.2) is 25.0 Å². The van der Waals surface area contributed by atoms with Gasteiger partial charge < -0.3 is 0 Å². The molecule has 0 amide bonds. The van der Waals surface area contributed by atoms with Crippen LogP contribution >= 0.6 is 0 Å². The first-order valence-electron chi connectivity index (χ1n) is 2.15. The fraction of sp³-hybridized carbons (Fsp3) is 0.600. The molecule has 0 bridgehead atoms. The smallest absolute Gasteiger partial charge is 0.0457 e. The Morgan fingerprint density at radius 1 is 1.33 bits per heavy atom. The van der Waals surface area contributed by atoms with E-state index in [1.807, 2.05) is 0 Å². The van der Waals surface area contributed by atoms with Crippen molar-refractivity contribution in [1.29, 1.82) is 0 Å². The first kappa shape index (κ1) is 3.88. The number of hydrogen-bond donors (Lipinski definition) is 0. The molecule has 1 aliphatic carbocycles. The molecule has 6 heavy (non-hydrogen) atoms. The zero-order valence-corrected chi connectivity index (χ0v) is 4.18. The lowest BCUT2D eigenvalue weighted by atomic mass is 10.6. The second kappa shape index (κ2) is 1.09. The standard InChI is InChI=1S/C5H9N/c1-6(2)5-3-4-5/h3-5H,1-2H3. The Labute approximate surface area is 38.3 Å². The summed E-state index contributed by atoms with van der Waals surface area (Å²) < 4.78 is 0. The van der Waals surface area contributed by atoms with Crippen LogP contribution in [0, 0.1) is 0 Å². The Kier molecular flexibility index (Phi) is 0.701. The molecule has 1 nitrogen and oxygen atoms in total. The van der Waals surface area contributed by atoms with Gasteiger partial charge in [0.1, 0.15) is 0 Å². The third-order valence-electron chi connectivity index (χ3n) is 0.961. The molecular formula is C5H9N. The van der Waals surface area contributed by atoms with Crippen molar-refractivity contribution in [3.05, 3.63) is 12.2 Å². The summed E-state index contributed by atoms with van der Waals surface area (Å²) >= 11 is 0. The summed E-state index contributed by atoms with van der Waals surface area (Å²) in [5.41, 5.74) is 0. The van der Waals surface area contributed by atoms with Gasteiger partial charge in [-0.15, -0.1) is 0 Å². The monoisotopic (exact) mass is 83.1 g/mol. The molecule has 0 fully saturated rings. The maximum Gasteiger partial charge on any atom is 0.0457 e. The summed E-state index contributed by atoms with van der Waals surface area (Å²) in [5, 5.41) is 0. The summed E-state index contributed by atoms with van der Waals surface area (Å²) in [4.78, 5) is 2.17. The highest BCUT2D eigenvalue weighted by molar-refractivity contribution is 5.19. The van der Waals surface area contributed by atoms with Gasteiger partial charge in [-0.25, -0.2) is 0 Å². The van der Waals surface area contributed by atoms with Crippen LogP contribution in [0.5, 0.6) is 0 Å². The highest BCUT2D eigenvalue weighted by atomic mass is 15.1. The summed E-state index contributed by atoms with van der Waals surface area (Å²) in [6, 6.07) is 0.685. The molecule has 1 aliphatic rings. The second-order valence-electron chi connectivity index (χ2n) is 1.84. The van der Waals surface area contributed by atoms with Crippen LogP contribution in [-0.2, 0) is 0 Å². The second-order valence-corrected chi connectivity index (χ2v) is 1.84. The molecular weight excluding hydrogens is 74.1 g/mol. The van der Waals surface area contributed by atoms with Crippen LogP contribution in [0.1, 0.15) is 0 Å². The quantitative estimate of drug-likeness (QED) is 0.417. The van der Waals surface area contributed by atoms with Crippen molar-refractivity contribution in [3.8, 4) is 0 Å². The molecule has 0 unspecified atom stereocenters. The SMILES string of the molecule is CN(C)C1C=C1. The average molecular weight is 83.1 g/mol. The van der Waals surface area contributed by atoms with Crippen LogP contribution in [0.4, 0.5) is 0 Å². The first-order chi connectivity index (χ1) is 2.80. The number of likely N-dealkylation sites (N-methyl/N-ethyl adjacent to an activating group) is 1. The molecule has 0 radical (unpaired) electrons. The van der Waals surface area contributed by atoms with E-state index < -0.39 is 0 Å². The van der Waals surface area contributed by atoms with Crippen molar-refractivity contribution in [2.45, 2.75) is 6.04 Å². The van der Waals surface area contributed by atoms with E-state index in [-0.39, 0.29) is 0 Å². The number of rotatable bonds is 1. The van der Waals surface area contributed by atoms with Crippen LogP contribution in [0.15, 0.2) is 12.2 Å². The lowest BCUT2D eigenvalue weighted by Gasteiger charge is -2.04. The molecule has 34 valence electrons. The van der Waals surface area contributed by atoms with E-state index in [2.05, 4.69) is 31.1 Å². The fourth-order valence-corrected chi connectivity index (χ4v) is 0.394. The topological polar surface area (TPSA) is 3.24 Å². The first-order valence-corrected chi connectivity index (χ1v) is 2.15. The minimum Gasteiger partial charge on any atom is -0.300 e. The highest BCUT2D eigenvalue weighted by Crippen LogP contribution is 2.09. The summed E-state index contributed by atoms with van der Waals surface area (Å²) in [6.07, 6.45) is 4.33. The predicted octanol–water partition coefficient (Wildman–Crippen LogP) is 0.486. The Morgan fingerprint density at radius 3 is 1.83 bits per heavy atom. The van der Waals surface area contributed by atoms with Gasteiger partial charge in [0, 0.05) is 6.04 Å². The molecule has 0 aromatic rings. The van der Waals surface area contributed by atoms with E-state index in [1.54, 1.807) is 0 Å². The Morgan fingerprint density at radius 2 is 1.83 bits per heavy atom. The van der Waals surface area contributed by atoms with Crippen molar-refractivity contribution in [2.75, 3.05) is 14.1 Å². The summed E-state index contributed by atoms with van der Waals surface area (Å²) in [7, 11) is 4.15. The van der Waals surface area contributed by atoms with E-state index in [0.717, 1.165) is 0 Å². The van der Waals surface area contributed by atoms with E-state index in [4.69, 9.17) is 0 Å². The molecule has 1 rings (SSSR count). The van der Waals surface area contributed by atoms with E-state index in [0.29, 0.717) is 6.04 Å². The number of nitrogens with zero attached hydrogens (tertiary/aromatic N) is 1. The molecule has 0 aromatic carbocycles. The molecule has 0 aliphatic heterocycles. The van der Waals surface area contributed by atoms with E-state index >= 15 is 0 Å². The molecule has 0 spiro atoms. The Bertz CT molecular complexity index is 68.0. The molecule has 0 saturated carbocycles. The van der Waals surface area contributed by atoms with Gasteiger partial charge in [-0.2, -0.15) is 0 Å². The third-order valence-corrected chi connectivity index (χ3v) is 0.961. The normalized spacial score (nSPS) is 19.8. The fourth-order valence-electron chi connectivity index (χ4n) is 0.394. The van der Waals surface area contributed by atoms with Gasteiger partial charge in [0.05, 0.1) is 0 Å². The van der Waals surface area contributed by atoms with Crippen LogP contribution in [0.3, 0.4) is 0 Å². The summed E-state index contributed by atoms with van der Waals surface area (Å²) in [6.45, 7) is 0. The molecule has 0 atom stereocenters. The van der Waals surface area contributed by atoms with Crippen molar-refractivity contribution in [2.24, 2.45) is 0 Å².